The maximum Gasteiger partial charge on any atom is 0.267 e. The summed E-state index contributed by atoms with van der Waals surface area (Å²) >= 11 is 0. The first kappa shape index (κ1) is 6.69. The van der Waals surface area contributed by atoms with Gasteiger partial charge in [0.15, 0.2) is 0 Å². The SMILES string of the molecule is CC1=CC=NC(=O)C1C#N. The number of rotatable bonds is 0. The Labute approximate surface area is 58.7 Å². The lowest BCUT2D eigenvalue weighted by Crippen LogP contribution is -2.14. The summed E-state index contributed by atoms with van der Waals surface area (Å²) in [6.45, 7) is 1.75. The van der Waals surface area contributed by atoms with E-state index in [1.54, 1.807) is 13.0 Å². The molecule has 0 radical (unpaired) electrons. The maximum atomic E-state index is 10.8. The van der Waals surface area contributed by atoms with Gasteiger partial charge in [0.1, 0.15) is 5.92 Å². The number of hydrogen-bond acceptors (Lipinski definition) is 2. The van der Waals surface area contributed by atoms with Crippen LogP contribution in [0.5, 0.6) is 0 Å². The summed E-state index contributed by atoms with van der Waals surface area (Å²) in [4.78, 5) is 14.2. The van der Waals surface area contributed by atoms with E-state index >= 15 is 0 Å². The summed E-state index contributed by atoms with van der Waals surface area (Å²) in [5, 5.41) is 8.45. The lowest BCUT2D eigenvalue weighted by atomic mass is 10.00. The van der Waals surface area contributed by atoms with Crippen LogP contribution in [0.4, 0.5) is 0 Å². The standard InChI is InChI=1S/C7H6N2O/c1-5-2-3-9-7(10)6(5)4-8/h2-3,6H,1H3. The number of dihydropyridines is 1. The fourth-order valence-electron chi connectivity index (χ4n) is 0.751. The molecule has 10 heavy (non-hydrogen) atoms. The van der Waals surface area contributed by atoms with E-state index in [2.05, 4.69) is 4.99 Å². The predicted octanol–water partition coefficient (Wildman–Crippen LogP) is 0.683. The Kier molecular flexibility index (Phi) is 1.63. The highest BCUT2D eigenvalue weighted by atomic mass is 16.1. The number of hydrogen-bond donors (Lipinski definition) is 0. The third-order valence-corrected chi connectivity index (χ3v) is 1.37. The monoisotopic (exact) mass is 134 g/mol. The van der Waals surface area contributed by atoms with Crippen molar-refractivity contribution < 1.29 is 4.79 Å². The van der Waals surface area contributed by atoms with Crippen molar-refractivity contribution in [1.29, 1.82) is 5.26 Å². The van der Waals surface area contributed by atoms with Gasteiger partial charge in [-0.2, -0.15) is 5.26 Å². The van der Waals surface area contributed by atoms with E-state index in [0.29, 0.717) is 0 Å². The molecular weight excluding hydrogens is 128 g/mol. The Morgan fingerprint density at radius 1 is 1.80 bits per heavy atom. The van der Waals surface area contributed by atoms with Gasteiger partial charge in [-0.05, 0) is 18.6 Å². The second-order valence-electron chi connectivity index (χ2n) is 2.09. The molecule has 1 aliphatic heterocycles. The molecule has 1 heterocycles. The van der Waals surface area contributed by atoms with Crippen molar-refractivity contribution in [2.75, 3.05) is 0 Å². The summed E-state index contributed by atoms with van der Waals surface area (Å²) in [6.07, 6.45) is 3.10. The van der Waals surface area contributed by atoms with Crippen LogP contribution in [-0.2, 0) is 4.79 Å². The fourth-order valence-corrected chi connectivity index (χ4v) is 0.751. The van der Waals surface area contributed by atoms with E-state index in [4.69, 9.17) is 5.26 Å². The molecule has 1 atom stereocenters. The van der Waals surface area contributed by atoms with Crippen LogP contribution < -0.4 is 0 Å². The molecule has 0 aromatic carbocycles. The highest BCUT2D eigenvalue weighted by Crippen LogP contribution is 2.13. The molecule has 50 valence electrons. The molecule has 3 heteroatoms. The van der Waals surface area contributed by atoms with Crippen LogP contribution in [0, 0.1) is 17.2 Å². The zero-order valence-corrected chi connectivity index (χ0v) is 5.53. The van der Waals surface area contributed by atoms with Gasteiger partial charge in [-0.15, -0.1) is 0 Å². The largest absolute Gasteiger partial charge is 0.271 e. The zero-order chi connectivity index (χ0) is 7.56. The molecule has 0 aliphatic carbocycles. The Balaban J connectivity index is 2.95. The highest BCUT2D eigenvalue weighted by Gasteiger charge is 2.20. The zero-order valence-electron chi connectivity index (χ0n) is 5.53. The van der Waals surface area contributed by atoms with Crippen molar-refractivity contribution in [3.05, 3.63) is 11.6 Å². The van der Waals surface area contributed by atoms with Crippen molar-refractivity contribution in [2.45, 2.75) is 6.92 Å². The van der Waals surface area contributed by atoms with E-state index in [1.165, 1.54) is 6.21 Å². The average Bonchev–Trinajstić information content (AvgIpc) is 1.88. The molecule has 0 fully saturated rings. The minimum absolute atomic E-state index is 0.359. The Morgan fingerprint density at radius 2 is 2.50 bits per heavy atom. The lowest BCUT2D eigenvalue weighted by Gasteiger charge is -2.06. The third-order valence-electron chi connectivity index (χ3n) is 1.37. The van der Waals surface area contributed by atoms with Crippen molar-refractivity contribution in [2.24, 2.45) is 10.9 Å². The van der Waals surface area contributed by atoms with Gasteiger partial charge in [-0.1, -0.05) is 0 Å². The summed E-state index contributed by atoms with van der Waals surface area (Å²) < 4.78 is 0. The second kappa shape index (κ2) is 2.44. The summed E-state index contributed by atoms with van der Waals surface area (Å²) in [5.74, 6) is -1.01. The van der Waals surface area contributed by atoms with Crippen LogP contribution in [0.3, 0.4) is 0 Å². The maximum absolute atomic E-state index is 10.8. The summed E-state index contributed by atoms with van der Waals surface area (Å²) in [7, 11) is 0. The molecule has 1 aliphatic rings. The fraction of sp³-hybridized carbons (Fsp3) is 0.286. The molecule has 1 rings (SSSR count). The van der Waals surface area contributed by atoms with Gasteiger partial charge in [0.05, 0.1) is 6.07 Å². The Hall–Kier alpha value is -1.43. The number of amides is 1. The molecule has 0 bridgehead atoms. The van der Waals surface area contributed by atoms with Crippen LogP contribution in [0.2, 0.25) is 0 Å². The first-order valence-corrected chi connectivity index (χ1v) is 2.90. The van der Waals surface area contributed by atoms with Gasteiger partial charge >= 0.3 is 0 Å². The Morgan fingerprint density at radius 3 is 2.90 bits per heavy atom. The van der Waals surface area contributed by atoms with E-state index in [0.717, 1.165) is 5.57 Å². The number of nitriles is 1. The lowest BCUT2D eigenvalue weighted by molar-refractivity contribution is -0.119. The van der Waals surface area contributed by atoms with Gasteiger partial charge in [-0.25, -0.2) is 4.99 Å². The van der Waals surface area contributed by atoms with Crippen molar-refractivity contribution in [1.82, 2.24) is 0 Å². The normalized spacial score (nSPS) is 23.8. The van der Waals surface area contributed by atoms with Crippen LogP contribution in [0.15, 0.2) is 16.6 Å². The van der Waals surface area contributed by atoms with E-state index in [9.17, 15) is 4.79 Å². The summed E-state index contributed by atoms with van der Waals surface area (Å²) in [5.41, 5.74) is 0.766. The topological polar surface area (TPSA) is 53.2 Å². The van der Waals surface area contributed by atoms with Crippen LogP contribution >= 0.6 is 0 Å². The van der Waals surface area contributed by atoms with Crippen LogP contribution in [0.1, 0.15) is 6.92 Å². The van der Waals surface area contributed by atoms with E-state index in [1.807, 2.05) is 6.07 Å². The second-order valence-corrected chi connectivity index (χ2v) is 2.09. The number of carbonyl (C=O) groups is 1. The van der Waals surface area contributed by atoms with Gasteiger partial charge in [0.2, 0.25) is 0 Å². The quantitative estimate of drug-likeness (QED) is 0.489. The molecule has 0 saturated heterocycles. The van der Waals surface area contributed by atoms with E-state index in [-0.39, 0.29) is 5.91 Å². The average molecular weight is 134 g/mol. The molecule has 0 aromatic heterocycles. The molecule has 0 N–H and O–H groups in total. The number of carbonyl (C=O) groups excluding carboxylic acids is 1. The van der Waals surface area contributed by atoms with Crippen LogP contribution in [0.25, 0.3) is 0 Å². The first-order valence-electron chi connectivity index (χ1n) is 2.90. The minimum Gasteiger partial charge on any atom is -0.271 e. The smallest absolute Gasteiger partial charge is 0.267 e. The third kappa shape index (κ3) is 0.960. The summed E-state index contributed by atoms with van der Waals surface area (Å²) in [6, 6.07) is 1.87. The minimum atomic E-state index is -0.648. The van der Waals surface area contributed by atoms with Gasteiger partial charge in [0.25, 0.3) is 5.91 Å². The number of nitrogens with zero attached hydrogens (tertiary/aromatic N) is 2. The van der Waals surface area contributed by atoms with E-state index < -0.39 is 5.92 Å². The number of aliphatic imine (C=N–C) groups is 1. The number of allylic oxidation sites excluding steroid dienone is 1. The molecule has 0 aromatic rings. The molecule has 3 nitrogen and oxygen atoms in total. The van der Waals surface area contributed by atoms with Gasteiger partial charge in [0, 0.05) is 6.21 Å². The molecule has 1 amide bonds. The molecule has 1 unspecified atom stereocenters. The molecule has 0 saturated carbocycles. The van der Waals surface area contributed by atoms with Crippen molar-refractivity contribution in [3.8, 4) is 6.07 Å². The Bertz CT molecular complexity index is 257. The molecule has 0 spiro atoms. The van der Waals surface area contributed by atoms with Crippen molar-refractivity contribution >= 4 is 12.1 Å². The van der Waals surface area contributed by atoms with Gasteiger partial charge < -0.3 is 0 Å². The highest BCUT2D eigenvalue weighted by molar-refractivity contribution is 5.96. The van der Waals surface area contributed by atoms with Gasteiger partial charge in [-0.3, -0.25) is 4.79 Å². The molecular formula is C7H6N2O. The van der Waals surface area contributed by atoms with Crippen LogP contribution in [-0.4, -0.2) is 12.1 Å². The first-order chi connectivity index (χ1) is 4.75. The predicted molar refractivity (Wildman–Crippen MR) is 36.4 cm³/mol. The van der Waals surface area contributed by atoms with Crippen molar-refractivity contribution in [3.63, 3.8) is 0 Å².